The lowest BCUT2D eigenvalue weighted by Gasteiger charge is -2.22. The second-order valence-electron chi connectivity index (χ2n) is 5.00. The highest BCUT2D eigenvalue weighted by Crippen LogP contribution is 2.30. The number of hydrogen-bond donors (Lipinski definition) is 2. The number of aromatic nitrogens is 1. The van der Waals surface area contributed by atoms with Crippen LogP contribution in [0.25, 0.3) is 11.3 Å². The smallest absolute Gasteiger partial charge is 0.227 e. The largest absolute Gasteiger partial charge is 0.378 e. The van der Waals surface area contributed by atoms with E-state index in [1.165, 1.54) is 11.3 Å². The minimum absolute atomic E-state index is 0. The molecule has 1 aliphatic rings. The number of benzene rings is 1. The van der Waals surface area contributed by atoms with E-state index in [4.69, 9.17) is 16.3 Å². The first-order chi connectivity index (χ1) is 10.7. The molecule has 2 aromatic rings. The molecule has 2 N–H and O–H groups in total. The Kier molecular flexibility index (Phi) is 6.80. The van der Waals surface area contributed by atoms with Gasteiger partial charge in [0.2, 0.25) is 5.91 Å². The fourth-order valence-electron chi connectivity index (χ4n) is 2.27. The Bertz CT molecular complexity index is 660. The van der Waals surface area contributed by atoms with E-state index in [1.54, 1.807) is 0 Å². The fraction of sp³-hybridized carbons (Fsp3) is 0.333. The highest BCUT2D eigenvalue weighted by Gasteiger charge is 2.18. The standard InChI is InChI=1S/C15H16ClN3O2S.ClH/c16-12-4-2-1-3-11(12)13-9-22-15(18-13)19-14(20)7-10-8-21-6-5-17-10;/h1-4,9-10,17H,5-8H2,(H,18,19,20);1H. The minimum Gasteiger partial charge on any atom is -0.378 e. The number of carbonyl (C=O) groups is 1. The van der Waals surface area contributed by atoms with E-state index in [-0.39, 0.29) is 24.4 Å². The zero-order valence-electron chi connectivity index (χ0n) is 12.3. The number of anilines is 1. The lowest BCUT2D eigenvalue weighted by molar-refractivity contribution is -0.117. The molecule has 1 atom stereocenters. The van der Waals surface area contributed by atoms with E-state index in [9.17, 15) is 4.79 Å². The number of amides is 1. The predicted molar refractivity (Wildman–Crippen MR) is 95.7 cm³/mol. The van der Waals surface area contributed by atoms with Crippen molar-refractivity contribution in [2.45, 2.75) is 12.5 Å². The molecule has 1 aliphatic heterocycles. The van der Waals surface area contributed by atoms with E-state index >= 15 is 0 Å². The first kappa shape index (κ1) is 18.2. The van der Waals surface area contributed by atoms with Gasteiger partial charge in [0.25, 0.3) is 0 Å². The van der Waals surface area contributed by atoms with Gasteiger partial charge in [-0.05, 0) is 6.07 Å². The summed E-state index contributed by atoms with van der Waals surface area (Å²) in [5.41, 5.74) is 1.63. The number of hydrogen-bond acceptors (Lipinski definition) is 5. The van der Waals surface area contributed by atoms with Crippen LogP contribution in [0.3, 0.4) is 0 Å². The molecular weight excluding hydrogens is 357 g/mol. The number of thiazole rings is 1. The van der Waals surface area contributed by atoms with Gasteiger partial charge in [-0.15, -0.1) is 23.7 Å². The van der Waals surface area contributed by atoms with Crippen molar-refractivity contribution < 1.29 is 9.53 Å². The van der Waals surface area contributed by atoms with Crippen LogP contribution in [0.5, 0.6) is 0 Å². The Morgan fingerprint density at radius 2 is 2.30 bits per heavy atom. The molecular formula is C15H17Cl2N3O2S. The zero-order valence-corrected chi connectivity index (χ0v) is 14.6. The maximum absolute atomic E-state index is 12.0. The molecule has 124 valence electrons. The summed E-state index contributed by atoms with van der Waals surface area (Å²) in [4.78, 5) is 16.5. The fourth-order valence-corrected chi connectivity index (χ4v) is 3.23. The second kappa shape index (κ2) is 8.61. The molecule has 8 heteroatoms. The Labute approximate surface area is 149 Å². The van der Waals surface area contributed by atoms with Crippen LogP contribution in [0.2, 0.25) is 5.02 Å². The quantitative estimate of drug-likeness (QED) is 0.863. The molecule has 5 nitrogen and oxygen atoms in total. The molecule has 0 aliphatic carbocycles. The van der Waals surface area contributed by atoms with Gasteiger partial charge in [-0.2, -0.15) is 0 Å². The van der Waals surface area contributed by atoms with Crippen LogP contribution in [-0.2, 0) is 9.53 Å². The highest BCUT2D eigenvalue weighted by atomic mass is 35.5. The van der Waals surface area contributed by atoms with Crippen molar-refractivity contribution in [1.82, 2.24) is 10.3 Å². The van der Waals surface area contributed by atoms with Gasteiger partial charge in [-0.3, -0.25) is 4.79 Å². The van der Waals surface area contributed by atoms with Crippen LogP contribution in [0.1, 0.15) is 6.42 Å². The number of nitrogens with zero attached hydrogens (tertiary/aromatic N) is 1. The first-order valence-electron chi connectivity index (χ1n) is 7.04. The Balaban J connectivity index is 0.00000192. The summed E-state index contributed by atoms with van der Waals surface area (Å²) >= 11 is 7.55. The lowest BCUT2D eigenvalue weighted by Crippen LogP contribution is -2.43. The van der Waals surface area contributed by atoms with E-state index in [0.717, 1.165) is 17.8 Å². The number of morpholine rings is 1. The third kappa shape index (κ3) is 4.89. The van der Waals surface area contributed by atoms with Crippen molar-refractivity contribution in [1.29, 1.82) is 0 Å². The molecule has 0 radical (unpaired) electrons. The van der Waals surface area contributed by atoms with Crippen molar-refractivity contribution >= 4 is 46.4 Å². The van der Waals surface area contributed by atoms with Crippen molar-refractivity contribution in [3.8, 4) is 11.3 Å². The van der Waals surface area contributed by atoms with Crippen molar-refractivity contribution in [2.75, 3.05) is 25.1 Å². The van der Waals surface area contributed by atoms with Gasteiger partial charge in [0.1, 0.15) is 0 Å². The van der Waals surface area contributed by atoms with Crippen molar-refractivity contribution in [3.63, 3.8) is 0 Å². The maximum atomic E-state index is 12.0. The molecule has 23 heavy (non-hydrogen) atoms. The maximum Gasteiger partial charge on any atom is 0.227 e. The van der Waals surface area contributed by atoms with Gasteiger partial charge in [0.05, 0.1) is 18.9 Å². The predicted octanol–water partition coefficient (Wildman–Crippen LogP) is 3.20. The Morgan fingerprint density at radius 3 is 3.04 bits per heavy atom. The normalized spacial score (nSPS) is 17.3. The summed E-state index contributed by atoms with van der Waals surface area (Å²) in [7, 11) is 0. The summed E-state index contributed by atoms with van der Waals surface area (Å²) in [6.45, 7) is 2.05. The van der Waals surface area contributed by atoms with Crippen LogP contribution in [-0.4, -0.2) is 36.7 Å². The number of rotatable bonds is 4. The average Bonchev–Trinajstić information content (AvgIpc) is 2.97. The molecule has 1 unspecified atom stereocenters. The molecule has 0 saturated carbocycles. The van der Waals surface area contributed by atoms with Gasteiger partial charge in [-0.1, -0.05) is 29.8 Å². The Morgan fingerprint density at radius 1 is 1.48 bits per heavy atom. The van der Waals surface area contributed by atoms with E-state index in [1.807, 2.05) is 29.6 Å². The molecule has 1 fully saturated rings. The molecule has 1 saturated heterocycles. The first-order valence-corrected chi connectivity index (χ1v) is 8.29. The number of carbonyl (C=O) groups excluding carboxylic acids is 1. The average molecular weight is 374 g/mol. The van der Waals surface area contributed by atoms with Gasteiger partial charge in [0, 0.05) is 35.0 Å². The molecule has 1 amide bonds. The second-order valence-corrected chi connectivity index (χ2v) is 6.26. The number of ether oxygens (including phenoxy) is 1. The molecule has 1 aromatic heterocycles. The van der Waals surface area contributed by atoms with Crippen LogP contribution in [0.4, 0.5) is 5.13 Å². The van der Waals surface area contributed by atoms with Gasteiger partial charge in [0.15, 0.2) is 5.13 Å². The molecule has 0 bridgehead atoms. The summed E-state index contributed by atoms with van der Waals surface area (Å²) in [5.74, 6) is -0.0666. The molecule has 2 heterocycles. The van der Waals surface area contributed by atoms with Crippen LogP contribution in [0, 0.1) is 0 Å². The van der Waals surface area contributed by atoms with Crippen LogP contribution in [0.15, 0.2) is 29.6 Å². The highest BCUT2D eigenvalue weighted by molar-refractivity contribution is 7.14. The van der Waals surface area contributed by atoms with Crippen molar-refractivity contribution in [3.05, 3.63) is 34.7 Å². The topological polar surface area (TPSA) is 63.2 Å². The number of halogens is 2. The van der Waals surface area contributed by atoms with Crippen LogP contribution >= 0.6 is 35.3 Å². The van der Waals surface area contributed by atoms with E-state index in [2.05, 4.69) is 15.6 Å². The number of nitrogens with one attached hydrogen (secondary N) is 2. The van der Waals surface area contributed by atoms with E-state index < -0.39 is 0 Å². The summed E-state index contributed by atoms with van der Waals surface area (Å²) in [6, 6.07) is 7.58. The van der Waals surface area contributed by atoms with Gasteiger partial charge >= 0.3 is 0 Å². The minimum atomic E-state index is -0.0666. The van der Waals surface area contributed by atoms with Gasteiger partial charge in [-0.25, -0.2) is 4.98 Å². The lowest BCUT2D eigenvalue weighted by atomic mass is 10.2. The summed E-state index contributed by atoms with van der Waals surface area (Å²) in [6.07, 6.45) is 0.376. The SMILES string of the molecule is Cl.O=C(CC1COCCN1)Nc1nc(-c2ccccc2Cl)cs1. The Hall–Kier alpha value is -1.18. The van der Waals surface area contributed by atoms with E-state index in [0.29, 0.717) is 29.8 Å². The van der Waals surface area contributed by atoms with Gasteiger partial charge < -0.3 is 15.4 Å². The molecule has 3 rings (SSSR count). The molecule has 0 spiro atoms. The third-order valence-electron chi connectivity index (χ3n) is 3.33. The van der Waals surface area contributed by atoms with Crippen molar-refractivity contribution in [2.24, 2.45) is 0 Å². The summed E-state index contributed by atoms with van der Waals surface area (Å²) in [5, 5.41) is 9.20. The van der Waals surface area contributed by atoms with Crippen LogP contribution < -0.4 is 10.6 Å². The zero-order chi connectivity index (χ0) is 15.4. The summed E-state index contributed by atoms with van der Waals surface area (Å²) < 4.78 is 5.34. The third-order valence-corrected chi connectivity index (χ3v) is 4.42. The monoisotopic (exact) mass is 373 g/mol. The molecule has 1 aromatic carbocycles.